The second-order valence-electron chi connectivity index (χ2n) is 4.57. The Bertz CT molecular complexity index is 544. The fourth-order valence-corrected chi connectivity index (χ4v) is 2.07. The fourth-order valence-electron chi connectivity index (χ4n) is 1.94. The second-order valence-corrected chi connectivity index (χ2v) is 4.98. The molecular weight excluding hydrogens is 292 g/mol. The van der Waals surface area contributed by atoms with E-state index in [1.807, 2.05) is 0 Å². The van der Waals surface area contributed by atoms with Crippen LogP contribution in [0.3, 0.4) is 0 Å². The predicted molar refractivity (Wildman–Crippen MR) is 83.4 cm³/mol. The van der Waals surface area contributed by atoms with Gasteiger partial charge in [0, 0.05) is 30.8 Å². The number of nitrogens with zero attached hydrogens (tertiary/aromatic N) is 2. The number of hydrazone groups is 1. The molecule has 7 nitrogen and oxygen atoms in total. The highest BCUT2D eigenvalue weighted by Gasteiger charge is 2.14. The monoisotopic (exact) mass is 308 g/mol. The number of ether oxygens (including phenoxy) is 1. The van der Waals surface area contributed by atoms with E-state index in [2.05, 4.69) is 15.8 Å². The van der Waals surface area contributed by atoms with E-state index in [1.165, 1.54) is 18.3 Å². The van der Waals surface area contributed by atoms with Crippen molar-refractivity contribution in [1.29, 1.82) is 0 Å². The van der Waals surface area contributed by atoms with Gasteiger partial charge >= 0.3 is 0 Å². The zero-order valence-corrected chi connectivity index (χ0v) is 12.1. The molecule has 2 rings (SSSR count). The normalized spacial score (nSPS) is 17.8. The third-order valence-corrected chi connectivity index (χ3v) is 3.21. The maximum Gasteiger partial charge on any atom is 0.270 e. The zero-order chi connectivity index (χ0) is 15.1. The van der Waals surface area contributed by atoms with Gasteiger partial charge in [-0.05, 0) is 25.1 Å². The van der Waals surface area contributed by atoms with Crippen LogP contribution >= 0.6 is 12.2 Å². The van der Waals surface area contributed by atoms with E-state index in [-0.39, 0.29) is 11.8 Å². The van der Waals surface area contributed by atoms with E-state index >= 15 is 0 Å². The molecule has 0 bridgehead atoms. The molecule has 1 aromatic rings. The number of non-ortho nitro benzene ring substituents is 1. The van der Waals surface area contributed by atoms with Gasteiger partial charge in [0.25, 0.3) is 5.69 Å². The summed E-state index contributed by atoms with van der Waals surface area (Å²) in [4.78, 5) is 10.2. The lowest BCUT2D eigenvalue weighted by molar-refractivity contribution is -0.384. The van der Waals surface area contributed by atoms with Gasteiger partial charge in [0.2, 0.25) is 0 Å². The van der Waals surface area contributed by atoms with Crippen LogP contribution in [0.5, 0.6) is 0 Å². The average Bonchev–Trinajstić information content (AvgIpc) is 2.99. The first-order valence-corrected chi connectivity index (χ1v) is 6.99. The van der Waals surface area contributed by atoms with Crippen molar-refractivity contribution in [3.05, 3.63) is 39.9 Å². The molecule has 0 aliphatic carbocycles. The van der Waals surface area contributed by atoms with Crippen LogP contribution in [0.4, 0.5) is 5.69 Å². The molecule has 1 fully saturated rings. The Morgan fingerprint density at radius 3 is 3.19 bits per heavy atom. The van der Waals surface area contributed by atoms with E-state index in [0.717, 1.165) is 19.4 Å². The van der Waals surface area contributed by atoms with Crippen molar-refractivity contribution >= 4 is 29.2 Å². The van der Waals surface area contributed by atoms with Gasteiger partial charge in [-0.3, -0.25) is 15.5 Å². The Morgan fingerprint density at radius 2 is 2.48 bits per heavy atom. The Labute approximate surface area is 127 Å². The lowest BCUT2D eigenvalue weighted by atomic mass is 10.2. The highest BCUT2D eigenvalue weighted by Crippen LogP contribution is 2.11. The number of hydrogen-bond donors (Lipinski definition) is 2. The summed E-state index contributed by atoms with van der Waals surface area (Å²) in [6.07, 6.45) is 3.79. The summed E-state index contributed by atoms with van der Waals surface area (Å²) in [6.45, 7) is 1.45. The average molecular weight is 308 g/mol. The van der Waals surface area contributed by atoms with Crippen molar-refractivity contribution in [2.24, 2.45) is 5.10 Å². The van der Waals surface area contributed by atoms with Crippen LogP contribution in [0.1, 0.15) is 18.4 Å². The van der Waals surface area contributed by atoms with Crippen LogP contribution in [-0.2, 0) is 4.74 Å². The molecule has 112 valence electrons. The largest absolute Gasteiger partial charge is 0.376 e. The van der Waals surface area contributed by atoms with Gasteiger partial charge in [0.05, 0.1) is 17.2 Å². The van der Waals surface area contributed by atoms with Crippen LogP contribution in [0.15, 0.2) is 29.4 Å². The van der Waals surface area contributed by atoms with Gasteiger partial charge in [-0.15, -0.1) is 0 Å². The number of thiocarbonyl (C=S) groups is 1. The summed E-state index contributed by atoms with van der Waals surface area (Å²) in [6, 6.07) is 6.20. The Morgan fingerprint density at radius 1 is 1.62 bits per heavy atom. The molecule has 0 saturated carbocycles. The molecule has 0 aromatic heterocycles. The van der Waals surface area contributed by atoms with Crippen LogP contribution in [0.2, 0.25) is 0 Å². The Kier molecular flexibility index (Phi) is 5.59. The first kappa shape index (κ1) is 15.3. The molecule has 1 aliphatic rings. The molecular formula is C13H16N4O3S. The molecule has 0 amide bonds. The second kappa shape index (κ2) is 7.65. The Balaban J connectivity index is 1.77. The topological polar surface area (TPSA) is 88.8 Å². The molecule has 1 heterocycles. The van der Waals surface area contributed by atoms with Crippen LogP contribution in [0, 0.1) is 10.1 Å². The minimum absolute atomic E-state index is 0.0260. The van der Waals surface area contributed by atoms with Crippen molar-refractivity contribution in [1.82, 2.24) is 10.7 Å². The predicted octanol–water partition coefficient (Wildman–Crippen LogP) is 1.57. The summed E-state index contributed by atoms with van der Waals surface area (Å²) < 4.78 is 5.46. The maximum atomic E-state index is 10.6. The summed E-state index contributed by atoms with van der Waals surface area (Å²) in [7, 11) is 0. The first-order valence-electron chi connectivity index (χ1n) is 6.58. The lowest BCUT2D eigenvalue weighted by Crippen LogP contribution is -2.37. The van der Waals surface area contributed by atoms with Crippen molar-refractivity contribution < 1.29 is 9.66 Å². The molecule has 1 aliphatic heterocycles. The fraction of sp³-hybridized carbons (Fsp3) is 0.385. The molecule has 0 radical (unpaired) electrons. The zero-order valence-electron chi connectivity index (χ0n) is 11.3. The molecule has 1 atom stereocenters. The third kappa shape index (κ3) is 5.09. The van der Waals surface area contributed by atoms with Crippen molar-refractivity contribution in [2.75, 3.05) is 13.2 Å². The van der Waals surface area contributed by atoms with E-state index in [9.17, 15) is 10.1 Å². The molecule has 0 spiro atoms. The number of nitrogens with one attached hydrogen (secondary N) is 2. The number of nitro groups is 1. The smallest absolute Gasteiger partial charge is 0.270 e. The third-order valence-electron chi connectivity index (χ3n) is 2.98. The summed E-state index contributed by atoms with van der Waals surface area (Å²) in [5.41, 5.74) is 3.32. The number of hydrogen-bond acceptors (Lipinski definition) is 5. The summed E-state index contributed by atoms with van der Waals surface area (Å²) >= 11 is 5.07. The van der Waals surface area contributed by atoms with Crippen LogP contribution in [-0.4, -0.2) is 35.5 Å². The van der Waals surface area contributed by atoms with Crippen LogP contribution in [0.25, 0.3) is 0 Å². The lowest BCUT2D eigenvalue weighted by Gasteiger charge is -2.11. The minimum Gasteiger partial charge on any atom is -0.376 e. The Hall–Kier alpha value is -2.06. The van der Waals surface area contributed by atoms with Gasteiger partial charge < -0.3 is 10.1 Å². The highest BCUT2D eigenvalue weighted by molar-refractivity contribution is 7.80. The molecule has 21 heavy (non-hydrogen) atoms. The molecule has 2 N–H and O–H groups in total. The van der Waals surface area contributed by atoms with E-state index in [0.29, 0.717) is 17.2 Å². The molecule has 1 unspecified atom stereocenters. The number of nitro benzene ring substituents is 1. The SMILES string of the molecule is O=[N+]([O-])c1cccc(C=NNC(=S)NCC2CCCO2)c1. The van der Waals surface area contributed by atoms with E-state index in [4.69, 9.17) is 17.0 Å². The van der Waals surface area contributed by atoms with E-state index < -0.39 is 4.92 Å². The van der Waals surface area contributed by atoms with Crippen molar-refractivity contribution in [2.45, 2.75) is 18.9 Å². The van der Waals surface area contributed by atoms with E-state index in [1.54, 1.807) is 12.1 Å². The summed E-state index contributed by atoms with van der Waals surface area (Å²) in [5, 5.41) is 18.0. The maximum absolute atomic E-state index is 10.6. The standard InChI is InChI=1S/C13H16N4O3S/c18-17(19)11-4-1-3-10(7-11)8-15-16-13(21)14-9-12-5-2-6-20-12/h1,3-4,7-8,12H,2,5-6,9H2,(H2,14,16,21). The number of rotatable bonds is 5. The summed E-state index contributed by atoms with van der Waals surface area (Å²) in [5.74, 6) is 0. The molecule has 1 saturated heterocycles. The first-order chi connectivity index (χ1) is 10.1. The molecule has 8 heteroatoms. The quantitative estimate of drug-likeness (QED) is 0.371. The van der Waals surface area contributed by atoms with Gasteiger partial charge in [0.15, 0.2) is 5.11 Å². The van der Waals surface area contributed by atoms with Gasteiger partial charge in [-0.2, -0.15) is 5.10 Å². The van der Waals surface area contributed by atoms with Crippen molar-refractivity contribution in [3.8, 4) is 0 Å². The van der Waals surface area contributed by atoms with Crippen LogP contribution < -0.4 is 10.7 Å². The van der Waals surface area contributed by atoms with Gasteiger partial charge in [-0.1, -0.05) is 12.1 Å². The van der Waals surface area contributed by atoms with Gasteiger partial charge in [-0.25, -0.2) is 0 Å². The number of benzene rings is 1. The van der Waals surface area contributed by atoms with Gasteiger partial charge in [0.1, 0.15) is 0 Å². The van der Waals surface area contributed by atoms with Crippen molar-refractivity contribution in [3.63, 3.8) is 0 Å². The minimum atomic E-state index is -0.446. The highest BCUT2D eigenvalue weighted by atomic mass is 32.1. The molecule has 1 aromatic carbocycles.